The van der Waals surface area contributed by atoms with Crippen molar-refractivity contribution in [2.45, 2.75) is 78.1 Å². The molecule has 2 aliphatic carbocycles. The number of rotatable bonds is 1. The van der Waals surface area contributed by atoms with Gasteiger partial charge in [0.15, 0.2) is 0 Å². The van der Waals surface area contributed by atoms with Gasteiger partial charge in [-0.25, -0.2) is 0 Å². The Morgan fingerprint density at radius 1 is 1.14 bits per heavy atom. The third-order valence-electron chi connectivity index (χ3n) is 6.53. The van der Waals surface area contributed by atoms with Gasteiger partial charge in [-0.1, -0.05) is 41.0 Å². The second-order valence-electron chi connectivity index (χ2n) is 8.69. The molecule has 0 radical (unpaired) electrons. The predicted octanol–water partition coefficient (Wildman–Crippen LogP) is 5.25. The summed E-state index contributed by atoms with van der Waals surface area (Å²) in [7, 11) is 0. The largest absolute Gasteiger partial charge is 0.508 e. The fourth-order valence-corrected chi connectivity index (χ4v) is 5.49. The smallest absolute Gasteiger partial charge is 0.126 e. The quantitative estimate of drug-likeness (QED) is 0.743. The zero-order valence-corrected chi connectivity index (χ0v) is 14.7. The highest BCUT2D eigenvalue weighted by atomic mass is 16.3. The summed E-state index contributed by atoms with van der Waals surface area (Å²) in [6.45, 7) is 11.2. The summed E-state index contributed by atoms with van der Waals surface area (Å²) in [5.41, 5.74) is 3.44. The van der Waals surface area contributed by atoms with Crippen LogP contribution in [0.5, 0.6) is 11.5 Å². The second-order valence-corrected chi connectivity index (χ2v) is 8.69. The minimum atomic E-state index is 0.0831. The van der Waals surface area contributed by atoms with E-state index >= 15 is 0 Å². The lowest BCUT2D eigenvalue weighted by atomic mass is 9.50. The first-order valence-corrected chi connectivity index (χ1v) is 8.76. The van der Waals surface area contributed by atoms with Gasteiger partial charge in [-0.05, 0) is 65.5 Å². The molecule has 1 fully saturated rings. The van der Waals surface area contributed by atoms with Gasteiger partial charge >= 0.3 is 0 Å². The Kier molecular flexibility index (Phi) is 3.50. The summed E-state index contributed by atoms with van der Waals surface area (Å²) in [4.78, 5) is 0. The first kappa shape index (κ1) is 15.7. The summed E-state index contributed by atoms with van der Waals surface area (Å²) >= 11 is 0. The minimum Gasteiger partial charge on any atom is -0.508 e. The fourth-order valence-electron chi connectivity index (χ4n) is 5.49. The van der Waals surface area contributed by atoms with Crippen molar-refractivity contribution in [1.29, 1.82) is 0 Å². The van der Waals surface area contributed by atoms with Crippen LogP contribution in [0.3, 0.4) is 0 Å². The molecule has 2 atom stereocenters. The highest BCUT2D eigenvalue weighted by Crippen LogP contribution is 2.59. The number of hydrogen-bond acceptors (Lipinski definition) is 2. The molecule has 2 aliphatic rings. The molecule has 0 bridgehead atoms. The molecule has 22 heavy (non-hydrogen) atoms. The van der Waals surface area contributed by atoms with E-state index in [1.54, 1.807) is 0 Å². The van der Waals surface area contributed by atoms with Crippen LogP contribution in [0.4, 0.5) is 0 Å². The third-order valence-corrected chi connectivity index (χ3v) is 6.53. The lowest BCUT2D eigenvalue weighted by molar-refractivity contribution is 0.0400. The Morgan fingerprint density at radius 3 is 2.45 bits per heavy atom. The van der Waals surface area contributed by atoms with Crippen molar-refractivity contribution < 1.29 is 10.2 Å². The molecule has 0 spiro atoms. The van der Waals surface area contributed by atoms with Gasteiger partial charge in [0.05, 0.1) is 0 Å². The maximum atomic E-state index is 10.8. The molecule has 1 aromatic carbocycles. The lowest BCUT2D eigenvalue weighted by Gasteiger charge is -2.54. The van der Waals surface area contributed by atoms with Crippen molar-refractivity contribution in [3.05, 3.63) is 22.8 Å². The van der Waals surface area contributed by atoms with E-state index < -0.39 is 0 Å². The highest BCUT2D eigenvalue weighted by Gasteiger charge is 2.50. The molecule has 2 N–H and O–H groups in total. The average Bonchev–Trinajstić information content (AvgIpc) is 2.38. The molecule has 1 saturated carbocycles. The van der Waals surface area contributed by atoms with E-state index in [2.05, 4.69) is 20.8 Å². The molecule has 0 aliphatic heterocycles. The number of hydrogen-bond donors (Lipinski definition) is 2. The van der Waals surface area contributed by atoms with Crippen LogP contribution in [-0.4, -0.2) is 10.2 Å². The van der Waals surface area contributed by atoms with Gasteiger partial charge in [0.2, 0.25) is 0 Å². The molecule has 122 valence electrons. The SMILES string of the molecule is CC(C)c1c(O)cc2c(c1O)CC[C@H]1C(C)(C)CCC[C@]21C. The van der Waals surface area contributed by atoms with Gasteiger partial charge in [-0.3, -0.25) is 0 Å². The van der Waals surface area contributed by atoms with E-state index in [1.165, 1.54) is 18.4 Å². The first-order chi connectivity index (χ1) is 10.2. The van der Waals surface area contributed by atoms with Crippen molar-refractivity contribution >= 4 is 0 Å². The Hall–Kier alpha value is -1.18. The summed E-state index contributed by atoms with van der Waals surface area (Å²) in [5, 5.41) is 21.3. The molecular formula is C20H30O2. The van der Waals surface area contributed by atoms with E-state index in [0.29, 0.717) is 17.1 Å². The number of benzene rings is 1. The van der Waals surface area contributed by atoms with Crippen LogP contribution >= 0.6 is 0 Å². The van der Waals surface area contributed by atoms with E-state index in [1.807, 2.05) is 19.9 Å². The number of aromatic hydroxyl groups is 2. The summed E-state index contributed by atoms with van der Waals surface area (Å²) in [6.07, 6.45) is 5.75. The van der Waals surface area contributed by atoms with Gasteiger partial charge in [-0.2, -0.15) is 0 Å². The molecule has 0 saturated heterocycles. The van der Waals surface area contributed by atoms with Crippen LogP contribution in [0.15, 0.2) is 6.07 Å². The Morgan fingerprint density at radius 2 is 1.82 bits per heavy atom. The molecule has 1 aromatic rings. The number of phenols is 2. The first-order valence-electron chi connectivity index (χ1n) is 8.76. The Balaban J connectivity index is 2.19. The van der Waals surface area contributed by atoms with Crippen LogP contribution in [0.2, 0.25) is 0 Å². The lowest BCUT2D eigenvalue weighted by Crippen LogP contribution is -2.47. The Labute approximate surface area is 134 Å². The molecule has 0 amide bonds. The van der Waals surface area contributed by atoms with Crippen molar-refractivity contribution in [2.24, 2.45) is 11.3 Å². The molecule has 0 unspecified atom stereocenters. The normalized spacial score (nSPS) is 30.0. The van der Waals surface area contributed by atoms with Gasteiger partial charge in [-0.15, -0.1) is 0 Å². The standard InChI is InChI=1S/C20H30O2/c1-12(2)17-15(21)11-14-13(18(17)22)7-8-16-19(3,4)9-6-10-20(14,16)5/h11-12,16,21-22H,6-10H2,1-5H3/t16-,20+/m0/s1. The maximum absolute atomic E-state index is 10.8. The number of fused-ring (bicyclic) bond motifs is 3. The van der Waals surface area contributed by atoms with E-state index in [4.69, 9.17) is 0 Å². The topological polar surface area (TPSA) is 40.5 Å². The van der Waals surface area contributed by atoms with Crippen LogP contribution in [-0.2, 0) is 11.8 Å². The summed E-state index contributed by atoms with van der Waals surface area (Å²) < 4.78 is 0. The monoisotopic (exact) mass is 302 g/mol. The third kappa shape index (κ3) is 2.06. The molecule has 0 heterocycles. The summed E-state index contributed by atoms with van der Waals surface area (Å²) in [5.74, 6) is 1.40. The predicted molar refractivity (Wildman–Crippen MR) is 90.7 cm³/mol. The minimum absolute atomic E-state index is 0.0831. The average molecular weight is 302 g/mol. The second kappa shape index (κ2) is 4.91. The van der Waals surface area contributed by atoms with E-state index in [0.717, 1.165) is 30.4 Å². The van der Waals surface area contributed by atoms with Crippen LogP contribution in [0.1, 0.15) is 82.9 Å². The van der Waals surface area contributed by atoms with Crippen molar-refractivity contribution in [3.63, 3.8) is 0 Å². The van der Waals surface area contributed by atoms with Crippen molar-refractivity contribution in [2.75, 3.05) is 0 Å². The molecule has 3 rings (SSSR count). The molecule has 2 nitrogen and oxygen atoms in total. The van der Waals surface area contributed by atoms with E-state index in [-0.39, 0.29) is 17.1 Å². The van der Waals surface area contributed by atoms with Crippen molar-refractivity contribution in [1.82, 2.24) is 0 Å². The Bertz CT molecular complexity index is 600. The summed E-state index contributed by atoms with van der Waals surface area (Å²) in [6, 6.07) is 1.97. The van der Waals surface area contributed by atoms with Gasteiger partial charge in [0.25, 0.3) is 0 Å². The zero-order chi connectivity index (χ0) is 16.3. The van der Waals surface area contributed by atoms with Gasteiger partial charge in [0.1, 0.15) is 11.5 Å². The van der Waals surface area contributed by atoms with Gasteiger partial charge in [0, 0.05) is 5.56 Å². The van der Waals surface area contributed by atoms with Crippen LogP contribution in [0.25, 0.3) is 0 Å². The maximum Gasteiger partial charge on any atom is 0.126 e. The molecular weight excluding hydrogens is 272 g/mol. The van der Waals surface area contributed by atoms with Crippen LogP contribution in [0, 0.1) is 11.3 Å². The van der Waals surface area contributed by atoms with Crippen molar-refractivity contribution in [3.8, 4) is 11.5 Å². The highest BCUT2D eigenvalue weighted by molar-refractivity contribution is 5.57. The van der Waals surface area contributed by atoms with Crippen LogP contribution < -0.4 is 0 Å². The molecule has 2 heteroatoms. The van der Waals surface area contributed by atoms with Gasteiger partial charge < -0.3 is 10.2 Å². The molecule has 0 aromatic heterocycles. The van der Waals surface area contributed by atoms with E-state index in [9.17, 15) is 10.2 Å². The fraction of sp³-hybridized carbons (Fsp3) is 0.700. The zero-order valence-electron chi connectivity index (χ0n) is 14.7. The number of phenolic OH excluding ortho intramolecular Hbond substituents is 2.